The van der Waals surface area contributed by atoms with E-state index in [9.17, 15) is 4.79 Å². The minimum atomic E-state index is -0.0681. The molecular formula is C15H22BrN5O. The summed E-state index contributed by atoms with van der Waals surface area (Å²) in [6.07, 6.45) is 5.35. The zero-order valence-electron chi connectivity index (χ0n) is 13.4. The van der Waals surface area contributed by atoms with Gasteiger partial charge in [0.15, 0.2) is 0 Å². The van der Waals surface area contributed by atoms with Crippen molar-refractivity contribution in [1.29, 1.82) is 0 Å². The zero-order valence-corrected chi connectivity index (χ0v) is 15.0. The molecule has 1 N–H and O–H groups in total. The van der Waals surface area contributed by atoms with Crippen molar-refractivity contribution in [3.05, 3.63) is 34.8 Å². The first-order valence-electron chi connectivity index (χ1n) is 7.22. The maximum Gasteiger partial charge on any atom is 0.242 e. The maximum atomic E-state index is 12.3. The van der Waals surface area contributed by atoms with E-state index in [1.165, 1.54) is 0 Å². The van der Waals surface area contributed by atoms with Crippen molar-refractivity contribution in [1.82, 2.24) is 24.9 Å². The SMILES string of the molecule is Cc1c(Br)cnn1CC(=O)N[C@@H](Cn1cccn1)C(C)(C)C. The van der Waals surface area contributed by atoms with Crippen LogP contribution in [0.4, 0.5) is 0 Å². The van der Waals surface area contributed by atoms with Crippen LogP contribution in [0.5, 0.6) is 0 Å². The summed E-state index contributed by atoms with van der Waals surface area (Å²) in [4.78, 5) is 12.3. The molecule has 0 aliphatic carbocycles. The van der Waals surface area contributed by atoms with E-state index in [1.807, 2.05) is 23.9 Å². The molecule has 22 heavy (non-hydrogen) atoms. The van der Waals surface area contributed by atoms with Crippen molar-refractivity contribution in [3.8, 4) is 0 Å². The lowest BCUT2D eigenvalue weighted by molar-refractivity contribution is -0.123. The van der Waals surface area contributed by atoms with Crippen LogP contribution in [0.25, 0.3) is 0 Å². The number of hydrogen-bond donors (Lipinski definition) is 1. The molecule has 2 aromatic heterocycles. The van der Waals surface area contributed by atoms with E-state index in [2.05, 4.69) is 52.2 Å². The van der Waals surface area contributed by atoms with Crippen LogP contribution in [0.1, 0.15) is 26.5 Å². The lowest BCUT2D eigenvalue weighted by Gasteiger charge is -2.31. The summed E-state index contributed by atoms with van der Waals surface area (Å²) in [6, 6.07) is 1.87. The van der Waals surface area contributed by atoms with Gasteiger partial charge in [0.05, 0.1) is 29.0 Å². The molecule has 0 aromatic carbocycles. The monoisotopic (exact) mass is 367 g/mol. The van der Waals surface area contributed by atoms with Crippen LogP contribution < -0.4 is 5.32 Å². The number of amides is 1. The normalized spacial score (nSPS) is 13.1. The highest BCUT2D eigenvalue weighted by atomic mass is 79.9. The molecule has 0 bridgehead atoms. The summed E-state index contributed by atoms with van der Waals surface area (Å²) in [6.45, 7) is 9.11. The highest BCUT2D eigenvalue weighted by Crippen LogP contribution is 2.21. The minimum absolute atomic E-state index is 0.0146. The number of carbonyl (C=O) groups excluding carboxylic acids is 1. The van der Waals surface area contributed by atoms with Crippen molar-refractivity contribution in [2.75, 3.05) is 0 Å². The second-order valence-corrected chi connectivity index (χ2v) is 7.30. The number of rotatable bonds is 5. The van der Waals surface area contributed by atoms with E-state index in [1.54, 1.807) is 17.1 Å². The Labute approximate surface area is 139 Å². The summed E-state index contributed by atoms with van der Waals surface area (Å²) in [5.74, 6) is -0.0502. The van der Waals surface area contributed by atoms with E-state index in [4.69, 9.17) is 0 Å². The fourth-order valence-corrected chi connectivity index (χ4v) is 2.39. The highest BCUT2D eigenvalue weighted by molar-refractivity contribution is 9.10. The molecule has 0 spiro atoms. The molecular weight excluding hydrogens is 346 g/mol. The van der Waals surface area contributed by atoms with Crippen LogP contribution in [0.3, 0.4) is 0 Å². The predicted molar refractivity (Wildman–Crippen MR) is 88.3 cm³/mol. The smallest absolute Gasteiger partial charge is 0.242 e. The summed E-state index contributed by atoms with van der Waals surface area (Å²) in [5, 5.41) is 11.5. The van der Waals surface area contributed by atoms with Gasteiger partial charge in [-0.3, -0.25) is 14.2 Å². The van der Waals surface area contributed by atoms with Gasteiger partial charge < -0.3 is 5.32 Å². The Bertz CT molecular complexity index is 627. The highest BCUT2D eigenvalue weighted by Gasteiger charge is 2.27. The Hall–Kier alpha value is -1.63. The number of hydrogen-bond acceptors (Lipinski definition) is 3. The molecule has 1 amide bonds. The molecule has 1 atom stereocenters. The van der Waals surface area contributed by atoms with E-state index >= 15 is 0 Å². The van der Waals surface area contributed by atoms with E-state index in [0.29, 0.717) is 6.54 Å². The van der Waals surface area contributed by atoms with Gasteiger partial charge in [-0.2, -0.15) is 10.2 Å². The Kier molecular flexibility index (Phi) is 5.05. The van der Waals surface area contributed by atoms with Crippen molar-refractivity contribution in [2.24, 2.45) is 5.41 Å². The van der Waals surface area contributed by atoms with E-state index < -0.39 is 0 Å². The molecule has 2 rings (SSSR count). The Morgan fingerprint density at radius 1 is 1.41 bits per heavy atom. The lowest BCUT2D eigenvalue weighted by atomic mass is 9.86. The van der Waals surface area contributed by atoms with Crippen LogP contribution in [0.2, 0.25) is 0 Å². The van der Waals surface area contributed by atoms with Gasteiger partial charge in [0.2, 0.25) is 5.91 Å². The van der Waals surface area contributed by atoms with Gasteiger partial charge >= 0.3 is 0 Å². The van der Waals surface area contributed by atoms with Crippen LogP contribution in [-0.4, -0.2) is 31.5 Å². The Balaban J connectivity index is 2.03. The number of carbonyl (C=O) groups is 1. The molecule has 7 heteroatoms. The van der Waals surface area contributed by atoms with Gasteiger partial charge in [-0.1, -0.05) is 20.8 Å². The lowest BCUT2D eigenvalue weighted by Crippen LogP contribution is -2.47. The van der Waals surface area contributed by atoms with Gasteiger partial charge in [0, 0.05) is 12.4 Å². The first-order chi connectivity index (χ1) is 10.3. The van der Waals surface area contributed by atoms with Crippen LogP contribution >= 0.6 is 15.9 Å². The van der Waals surface area contributed by atoms with Crippen LogP contribution in [-0.2, 0) is 17.9 Å². The molecule has 0 aliphatic heterocycles. The van der Waals surface area contributed by atoms with Crippen molar-refractivity contribution in [2.45, 2.75) is 46.8 Å². The second kappa shape index (κ2) is 6.64. The first-order valence-corrected chi connectivity index (χ1v) is 8.01. The van der Waals surface area contributed by atoms with Crippen LogP contribution in [0.15, 0.2) is 29.1 Å². The molecule has 0 fully saturated rings. The number of halogens is 1. The van der Waals surface area contributed by atoms with Gasteiger partial charge in [-0.25, -0.2) is 0 Å². The standard InChI is InChI=1S/C15H22BrN5O/c1-11-12(16)8-18-21(11)10-14(22)19-13(15(2,3)4)9-20-7-5-6-17-20/h5-8,13H,9-10H2,1-4H3,(H,19,22)/t13-/m0/s1. The van der Waals surface area contributed by atoms with Gasteiger partial charge in [-0.15, -0.1) is 0 Å². The third kappa shape index (κ3) is 4.19. The molecule has 0 aliphatic rings. The zero-order chi connectivity index (χ0) is 16.3. The fourth-order valence-electron chi connectivity index (χ4n) is 2.09. The fraction of sp³-hybridized carbons (Fsp3) is 0.533. The Morgan fingerprint density at radius 2 is 2.14 bits per heavy atom. The quantitative estimate of drug-likeness (QED) is 0.881. The van der Waals surface area contributed by atoms with Gasteiger partial charge in [0.1, 0.15) is 6.54 Å². The number of nitrogens with one attached hydrogen (secondary N) is 1. The molecule has 0 unspecified atom stereocenters. The van der Waals surface area contributed by atoms with E-state index in [-0.39, 0.29) is 23.9 Å². The summed E-state index contributed by atoms with van der Waals surface area (Å²) in [5.41, 5.74) is 0.871. The van der Waals surface area contributed by atoms with Crippen molar-refractivity contribution >= 4 is 21.8 Å². The van der Waals surface area contributed by atoms with E-state index in [0.717, 1.165) is 10.2 Å². The molecule has 6 nitrogen and oxygen atoms in total. The molecule has 2 heterocycles. The number of aromatic nitrogens is 4. The average Bonchev–Trinajstić information content (AvgIpc) is 3.02. The summed E-state index contributed by atoms with van der Waals surface area (Å²) < 4.78 is 4.43. The molecule has 0 saturated carbocycles. The molecule has 0 saturated heterocycles. The van der Waals surface area contributed by atoms with Gasteiger partial charge in [0.25, 0.3) is 0 Å². The topological polar surface area (TPSA) is 64.7 Å². The summed E-state index contributed by atoms with van der Waals surface area (Å²) >= 11 is 3.40. The summed E-state index contributed by atoms with van der Waals surface area (Å²) in [7, 11) is 0. The Morgan fingerprint density at radius 3 is 2.64 bits per heavy atom. The number of nitrogens with zero attached hydrogens (tertiary/aromatic N) is 4. The third-order valence-corrected chi connectivity index (χ3v) is 4.42. The molecule has 120 valence electrons. The van der Waals surface area contributed by atoms with Crippen LogP contribution in [0, 0.1) is 12.3 Å². The molecule has 0 radical (unpaired) electrons. The molecule has 2 aromatic rings. The first kappa shape index (κ1) is 16.7. The van der Waals surface area contributed by atoms with Gasteiger partial charge in [-0.05, 0) is 34.3 Å². The minimum Gasteiger partial charge on any atom is -0.349 e. The maximum absolute atomic E-state index is 12.3. The average molecular weight is 368 g/mol. The predicted octanol–water partition coefficient (Wildman–Crippen LogP) is 2.38. The second-order valence-electron chi connectivity index (χ2n) is 6.45. The third-order valence-electron chi connectivity index (χ3n) is 3.65. The largest absolute Gasteiger partial charge is 0.349 e. The van der Waals surface area contributed by atoms with Crippen molar-refractivity contribution < 1.29 is 4.79 Å². The van der Waals surface area contributed by atoms with Crippen molar-refractivity contribution in [3.63, 3.8) is 0 Å².